The van der Waals surface area contributed by atoms with Crippen LogP contribution in [0.15, 0.2) is 0 Å². The van der Waals surface area contributed by atoms with E-state index >= 15 is 0 Å². The molecule has 9 heteroatoms. The number of nitrogen functional groups attached to an aromatic ring is 1. The summed E-state index contributed by atoms with van der Waals surface area (Å²) in [7, 11) is 0. The number of rotatable bonds is 3. The smallest absolute Gasteiger partial charge is 0.353 e. The van der Waals surface area contributed by atoms with Crippen molar-refractivity contribution >= 4 is 23.3 Å². The van der Waals surface area contributed by atoms with E-state index in [4.69, 9.17) is 10.5 Å². The maximum absolute atomic E-state index is 11.5. The lowest BCUT2D eigenvalue weighted by Crippen LogP contribution is -2.46. The van der Waals surface area contributed by atoms with Gasteiger partial charge in [-0.3, -0.25) is 10.1 Å². The third kappa shape index (κ3) is 3.92. The second kappa shape index (κ2) is 7.38. The molecule has 2 fully saturated rings. The zero-order valence-corrected chi connectivity index (χ0v) is 14.8. The maximum Gasteiger partial charge on any atom is 0.353 e. The Labute approximate surface area is 147 Å². The molecule has 0 aliphatic carbocycles. The van der Waals surface area contributed by atoms with Crippen molar-refractivity contribution < 1.29 is 9.66 Å². The number of morpholine rings is 1. The summed E-state index contributed by atoms with van der Waals surface area (Å²) in [5, 5.41) is 11.5. The van der Waals surface area contributed by atoms with E-state index in [1.54, 1.807) is 0 Å². The normalized spacial score (nSPS) is 24.9. The summed E-state index contributed by atoms with van der Waals surface area (Å²) in [6.07, 6.45) is 4.37. The van der Waals surface area contributed by atoms with E-state index in [9.17, 15) is 10.1 Å². The quantitative estimate of drug-likeness (QED) is 0.650. The average molecular weight is 350 g/mol. The van der Waals surface area contributed by atoms with Crippen molar-refractivity contribution in [2.75, 3.05) is 41.7 Å². The van der Waals surface area contributed by atoms with Crippen LogP contribution in [-0.4, -0.2) is 53.3 Å². The summed E-state index contributed by atoms with van der Waals surface area (Å²) in [6.45, 7) is 6.78. The molecule has 2 atom stereocenters. The second-order valence-corrected chi connectivity index (χ2v) is 6.90. The van der Waals surface area contributed by atoms with Crippen LogP contribution in [0.3, 0.4) is 0 Å². The summed E-state index contributed by atoms with van der Waals surface area (Å²) < 4.78 is 5.75. The molecule has 1 aromatic heterocycles. The molecule has 138 valence electrons. The first kappa shape index (κ1) is 17.7. The van der Waals surface area contributed by atoms with E-state index < -0.39 is 4.92 Å². The Hall–Kier alpha value is -2.16. The predicted molar refractivity (Wildman–Crippen MR) is 96.0 cm³/mol. The summed E-state index contributed by atoms with van der Waals surface area (Å²) in [5.41, 5.74) is 5.79. The highest BCUT2D eigenvalue weighted by molar-refractivity contribution is 5.71. The van der Waals surface area contributed by atoms with Gasteiger partial charge in [0.05, 0.1) is 17.1 Å². The number of ether oxygens (including phenoxy) is 1. The third-order valence-electron chi connectivity index (χ3n) is 4.67. The third-order valence-corrected chi connectivity index (χ3v) is 4.67. The first-order chi connectivity index (χ1) is 12.0. The highest BCUT2D eigenvalue weighted by Crippen LogP contribution is 2.34. The SMILES string of the molecule is C[C@H]1CN(c2nc(N)c([N+](=O)[O-])c(N3CCCCCC3)n2)C[C@H](C)O1. The molecule has 0 amide bonds. The van der Waals surface area contributed by atoms with Crippen molar-refractivity contribution in [3.63, 3.8) is 0 Å². The van der Waals surface area contributed by atoms with Crippen molar-refractivity contribution in [2.24, 2.45) is 0 Å². The van der Waals surface area contributed by atoms with E-state index in [1.165, 1.54) is 0 Å². The molecular weight excluding hydrogens is 324 g/mol. The molecule has 0 spiro atoms. The fraction of sp³-hybridized carbons (Fsp3) is 0.750. The van der Waals surface area contributed by atoms with Gasteiger partial charge < -0.3 is 20.3 Å². The van der Waals surface area contributed by atoms with Gasteiger partial charge in [0.25, 0.3) is 0 Å². The first-order valence-corrected chi connectivity index (χ1v) is 8.93. The Morgan fingerprint density at radius 2 is 1.68 bits per heavy atom. The van der Waals surface area contributed by atoms with Gasteiger partial charge in [-0.05, 0) is 26.7 Å². The first-order valence-electron chi connectivity index (χ1n) is 8.93. The molecule has 0 unspecified atom stereocenters. The van der Waals surface area contributed by atoms with E-state index in [-0.39, 0.29) is 23.7 Å². The number of nitrogens with two attached hydrogens (primary N) is 1. The van der Waals surface area contributed by atoms with Gasteiger partial charge in [0.15, 0.2) is 0 Å². The van der Waals surface area contributed by atoms with Crippen LogP contribution in [0.5, 0.6) is 0 Å². The summed E-state index contributed by atoms with van der Waals surface area (Å²) in [6, 6.07) is 0. The molecular formula is C16H26N6O3. The number of hydrogen-bond donors (Lipinski definition) is 1. The highest BCUT2D eigenvalue weighted by atomic mass is 16.6. The Morgan fingerprint density at radius 1 is 1.08 bits per heavy atom. The van der Waals surface area contributed by atoms with E-state index in [0.29, 0.717) is 24.9 Å². The predicted octanol–water partition coefficient (Wildman–Crippen LogP) is 1.96. The molecule has 1 aromatic rings. The van der Waals surface area contributed by atoms with Gasteiger partial charge in [0.1, 0.15) is 0 Å². The number of anilines is 3. The molecule has 3 rings (SSSR count). The van der Waals surface area contributed by atoms with Crippen molar-refractivity contribution in [2.45, 2.75) is 51.7 Å². The minimum Gasteiger partial charge on any atom is -0.378 e. The van der Waals surface area contributed by atoms with Crippen molar-refractivity contribution in [1.82, 2.24) is 9.97 Å². The van der Waals surface area contributed by atoms with E-state index in [1.807, 2.05) is 23.6 Å². The number of nitro groups is 1. The van der Waals surface area contributed by atoms with E-state index in [2.05, 4.69) is 9.97 Å². The Balaban J connectivity index is 1.99. The van der Waals surface area contributed by atoms with Crippen LogP contribution in [0.25, 0.3) is 0 Å². The number of hydrogen-bond acceptors (Lipinski definition) is 8. The van der Waals surface area contributed by atoms with Gasteiger partial charge >= 0.3 is 5.69 Å². The fourth-order valence-electron chi connectivity index (χ4n) is 3.61. The fourth-order valence-corrected chi connectivity index (χ4v) is 3.61. The minimum absolute atomic E-state index is 0.0467. The van der Waals surface area contributed by atoms with Gasteiger partial charge in [-0.25, -0.2) is 0 Å². The van der Waals surface area contributed by atoms with Crippen LogP contribution in [0.4, 0.5) is 23.3 Å². The molecule has 3 heterocycles. The van der Waals surface area contributed by atoms with Crippen LogP contribution in [0.1, 0.15) is 39.5 Å². The second-order valence-electron chi connectivity index (χ2n) is 6.90. The molecule has 9 nitrogen and oxygen atoms in total. The van der Waals surface area contributed by atoms with Crippen molar-refractivity contribution in [1.29, 1.82) is 0 Å². The van der Waals surface area contributed by atoms with Crippen LogP contribution in [0.2, 0.25) is 0 Å². The molecule has 0 radical (unpaired) electrons. The Bertz CT molecular complexity index is 623. The lowest BCUT2D eigenvalue weighted by molar-refractivity contribution is -0.383. The molecule has 0 saturated carbocycles. The van der Waals surface area contributed by atoms with Gasteiger partial charge in [0.2, 0.25) is 17.6 Å². The standard InChI is InChI=1S/C16H26N6O3/c1-11-9-21(10-12(2)25-11)16-18-14(17)13(22(23)24)15(19-16)20-7-5-3-4-6-8-20/h11-12H,3-10H2,1-2H3,(H2,17,18,19)/t11-,12-/m0/s1. The largest absolute Gasteiger partial charge is 0.378 e. The number of nitrogens with zero attached hydrogens (tertiary/aromatic N) is 5. The highest BCUT2D eigenvalue weighted by Gasteiger charge is 2.31. The van der Waals surface area contributed by atoms with Gasteiger partial charge in [0, 0.05) is 26.2 Å². The molecule has 2 aliphatic rings. The van der Waals surface area contributed by atoms with Crippen LogP contribution >= 0.6 is 0 Å². The van der Waals surface area contributed by atoms with Crippen molar-refractivity contribution in [3.8, 4) is 0 Å². The van der Waals surface area contributed by atoms with Gasteiger partial charge in [-0.1, -0.05) is 12.8 Å². The Morgan fingerprint density at radius 3 is 2.24 bits per heavy atom. The molecule has 2 saturated heterocycles. The summed E-state index contributed by atoms with van der Waals surface area (Å²) in [4.78, 5) is 23.9. The van der Waals surface area contributed by atoms with Crippen LogP contribution in [0, 0.1) is 10.1 Å². The molecule has 2 N–H and O–H groups in total. The zero-order chi connectivity index (χ0) is 18.0. The Kier molecular flexibility index (Phi) is 5.22. The maximum atomic E-state index is 11.5. The molecule has 2 aliphatic heterocycles. The van der Waals surface area contributed by atoms with Crippen LogP contribution in [-0.2, 0) is 4.74 Å². The topological polar surface area (TPSA) is 111 Å². The molecule has 25 heavy (non-hydrogen) atoms. The van der Waals surface area contributed by atoms with Crippen molar-refractivity contribution in [3.05, 3.63) is 10.1 Å². The molecule has 0 bridgehead atoms. The minimum atomic E-state index is -0.468. The summed E-state index contributed by atoms with van der Waals surface area (Å²) >= 11 is 0. The lowest BCUT2D eigenvalue weighted by Gasteiger charge is -2.35. The zero-order valence-electron chi connectivity index (χ0n) is 14.8. The average Bonchev–Trinajstić information content (AvgIpc) is 2.82. The lowest BCUT2D eigenvalue weighted by atomic mass is 10.2. The van der Waals surface area contributed by atoms with Crippen LogP contribution < -0.4 is 15.5 Å². The van der Waals surface area contributed by atoms with E-state index in [0.717, 1.165) is 38.8 Å². The number of aromatic nitrogens is 2. The monoisotopic (exact) mass is 350 g/mol. The van der Waals surface area contributed by atoms with Gasteiger partial charge in [-0.15, -0.1) is 0 Å². The van der Waals surface area contributed by atoms with Gasteiger partial charge in [-0.2, -0.15) is 9.97 Å². The summed E-state index contributed by atoms with van der Waals surface area (Å²) in [5.74, 6) is 0.728. The molecule has 0 aromatic carbocycles.